The van der Waals surface area contributed by atoms with Crippen LogP contribution in [0, 0.1) is 6.92 Å². The van der Waals surface area contributed by atoms with E-state index in [-0.39, 0.29) is 6.03 Å². The second kappa shape index (κ2) is 8.60. The van der Waals surface area contributed by atoms with Gasteiger partial charge in [0.25, 0.3) is 0 Å². The number of anilines is 1. The maximum Gasteiger partial charge on any atom is 0.319 e. The largest absolute Gasteiger partial charge is 0.334 e. The molecular weight excluding hydrogens is 314 g/mol. The second-order valence-electron chi connectivity index (χ2n) is 6.34. The number of hydrogen-bond donors (Lipinski definition) is 3. The molecule has 0 aliphatic carbocycles. The summed E-state index contributed by atoms with van der Waals surface area (Å²) in [5.41, 5.74) is 4.11. The Hall–Kier alpha value is -2.44. The number of aromatic nitrogens is 1. The van der Waals surface area contributed by atoms with E-state index in [1.165, 1.54) is 5.56 Å². The lowest BCUT2D eigenvalue weighted by molar-refractivity contribution is 0.233. The first-order chi connectivity index (χ1) is 12.2. The predicted octanol–water partition coefficient (Wildman–Crippen LogP) is 2.12. The van der Waals surface area contributed by atoms with E-state index >= 15 is 0 Å². The average Bonchev–Trinajstić information content (AvgIpc) is 2.64. The number of benzene rings is 1. The molecule has 0 bridgehead atoms. The highest BCUT2D eigenvalue weighted by atomic mass is 16.2. The summed E-state index contributed by atoms with van der Waals surface area (Å²) in [4.78, 5) is 18.5. The second-order valence-corrected chi connectivity index (χ2v) is 6.34. The summed E-state index contributed by atoms with van der Waals surface area (Å²) >= 11 is 0. The average molecular weight is 339 g/mol. The lowest BCUT2D eigenvalue weighted by Crippen LogP contribution is -2.42. The molecule has 1 saturated heterocycles. The van der Waals surface area contributed by atoms with Crippen molar-refractivity contribution in [2.75, 3.05) is 31.5 Å². The lowest BCUT2D eigenvalue weighted by Gasteiger charge is -2.27. The number of nitrogens with zero attached hydrogens (tertiary/aromatic N) is 2. The quantitative estimate of drug-likeness (QED) is 0.780. The molecule has 0 spiro atoms. The predicted molar refractivity (Wildman–Crippen MR) is 99.4 cm³/mol. The molecule has 6 nitrogen and oxygen atoms in total. The Labute approximate surface area is 148 Å². The van der Waals surface area contributed by atoms with Crippen molar-refractivity contribution >= 4 is 11.7 Å². The summed E-state index contributed by atoms with van der Waals surface area (Å²) in [6.45, 7) is 7.72. The first-order valence-electron chi connectivity index (χ1n) is 8.67. The van der Waals surface area contributed by atoms with Crippen LogP contribution in [0.3, 0.4) is 0 Å². The number of hydrogen-bond acceptors (Lipinski definition) is 4. The molecule has 0 atom stereocenters. The minimum atomic E-state index is -0.209. The maximum atomic E-state index is 12.0. The number of nitrogens with one attached hydrogen (secondary N) is 3. The molecule has 3 rings (SSSR count). The molecule has 132 valence electrons. The van der Waals surface area contributed by atoms with Gasteiger partial charge in [-0.25, -0.2) is 4.79 Å². The molecule has 2 heterocycles. The first kappa shape index (κ1) is 17.4. The molecule has 1 aliphatic heterocycles. The Morgan fingerprint density at radius 2 is 1.88 bits per heavy atom. The Morgan fingerprint density at radius 1 is 1.16 bits per heavy atom. The molecule has 3 N–H and O–H groups in total. The number of pyridine rings is 1. The van der Waals surface area contributed by atoms with Crippen LogP contribution in [-0.2, 0) is 13.1 Å². The highest BCUT2D eigenvalue weighted by Crippen LogP contribution is 2.11. The number of urea groups is 1. The van der Waals surface area contributed by atoms with E-state index in [0.29, 0.717) is 6.54 Å². The van der Waals surface area contributed by atoms with Gasteiger partial charge in [-0.3, -0.25) is 9.88 Å². The molecule has 1 aromatic carbocycles. The zero-order valence-electron chi connectivity index (χ0n) is 14.6. The van der Waals surface area contributed by atoms with Crippen LogP contribution in [0.5, 0.6) is 0 Å². The number of rotatable bonds is 5. The highest BCUT2D eigenvalue weighted by Gasteiger charge is 2.09. The summed E-state index contributed by atoms with van der Waals surface area (Å²) in [5, 5.41) is 9.10. The van der Waals surface area contributed by atoms with Crippen molar-refractivity contribution in [2.45, 2.75) is 20.0 Å². The van der Waals surface area contributed by atoms with Gasteiger partial charge in [0.2, 0.25) is 0 Å². The fraction of sp³-hybridized carbons (Fsp3) is 0.368. The van der Waals surface area contributed by atoms with Crippen molar-refractivity contribution in [1.29, 1.82) is 0 Å². The van der Waals surface area contributed by atoms with Crippen molar-refractivity contribution in [3.63, 3.8) is 0 Å². The molecule has 1 aliphatic rings. The summed E-state index contributed by atoms with van der Waals surface area (Å²) in [7, 11) is 0. The normalized spacial score (nSPS) is 14.9. The fourth-order valence-corrected chi connectivity index (χ4v) is 2.85. The van der Waals surface area contributed by atoms with Crippen LogP contribution in [0.1, 0.15) is 16.7 Å². The van der Waals surface area contributed by atoms with Gasteiger partial charge in [-0.2, -0.15) is 0 Å². The van der Waals surface area contributed by atoms with Crippen molar-refractivity contribution in [1.82, 2.24) is 20.5 Å². The Bertz CT molecular complexity index is 695. The van der Waals surface area contributed by atoms with Gasteiger partial charge in [0, 0.05) is 57.3 Å². The van der Waals surface area contributed by atoms with Crippen LogP contribution in [-0.4, -0.2) is 42.1 Å². The van der Waals surface area contributed by atoms with Crippen molar-refractivity contribution in [2.24, 2.45) is 0 Å². The van der Waals surface area contributed by atoms with Gasteiger partial charge in [0.05, 0.1) is 0 Å². The standard InChI is InChI=1S/C19H25N5O/c1-15-12-21-7-6-18(15)23-19(25)22-13-16-2-4-17(5-3-16)14-24-10-8-20-9-11-24/h2-7,12,20H,8-11,13-14H2,1H3,(H2,21,22,23,25). The van der Waals surface area contributed by atoms with Gasteiger partial charge in [-0.1, -0.05) is 24.3 Å². The first-order valence-corrected chi connectivity index (χ1v) is 8.67. The molecule has 0 saturated carbocycles. The Balaban J connectivity index is 1.46. The number of carbonyl (C=O) groups is 1. The summed E-state index contributed by atoms with van der Waals surface area (Å²) in [6, 6.07) is 10.0. The molecule has 25 heavy (non-hydrogen) atoms. The minimum absolute atomic E-state index is 0.209. The topological polar surface area (TPSA) is 69.3 Å². The number of carbonyl (C=O) groups excluding carboxylic acids is 1. The zero-order valence-corrected chi connectivity index (χ0v) is 14.6. The van der Waals surface area contributed by atoms with Gasteiger partial charge in [-0.15, -0.1) is 0 Å². The van der Waals surface area contributed by atoms with Gasteiger partial charge in [0.15, 0.2) is 0 Å². The molecule has 1 aromatic heterocycles. The number of piperazine rings is 1. The van der Waals surface area contributed by atoms with Crippen LogP contribution in [0.15, 0.2) is 42.7 Å². The minimum Gasteiger partial charge on any atom is -0.334 e. The Kier molecular flexibility index (Phi) is 5.98. The molecule has 2 amide bonds. The van der Waals surface area contributed by atoms with Crippen LogP contribution >= 0.6 is 0 Å². The Morgan fingerprint density at radius 3 is 2.60 bits per heavy atom. The van der Waals surface area contributed by atoms with Gasteiger partial charge < -0.3 is 16.0 Å². The molecule has 2 aromatic rings. The van der Waals surface area contributed by atoms with Crippen molar-refractivity contribution < 1.29 is 4.79 Å². The van der Waals surface area contributed by atoms with E-state index in [4.69, 9.17) is 0 Å². The molecular formula is C19H25N5O. The number of aryl methyl sites for hydroxylation is 1. The van der Waals surface area contributed by atoms with Gasteiger partial charge >= 0.3 is 6.03 Å². The van der Waals surface area contributed by atoms with Crippen molar-refractivity contribution in [3.05, 3.63) is 59.4 Å². The van der Waals surface area contributed by atoms with Gasteiger partial charge in [0.1, 0.15) is 0 Å². The summed E-state index contributed by atoms with van der Waals surface area (Å²) in [5.74, 6) is 0. The van der Waals surface area contributed by atoms with Crippen LogP contribution in [0.2, 0.25) is 0 Å². The monoisotopic (exact) mass is 339 g/mol. The van der Waals surface area contributed by atoms with E-state index in [1.54, 1.807) is 18.5 Å². The smallest absolute Gasteiger partial charge is 0.319 e. The van der Waals surface area contributed by atoms with Crippen molar-refractivity contribution in [3.8, 4) is 0 Å². The van der Waals surface area contributed by atoms with Gasteiger partial charge in [-0.05, 0) is 29.7 Å². The van der Waals surface area contributed by atoms with E-state index in [0.717, 1.165) is 49.5 Å². The number of amides is 2. The van der Waals surface area contributed by atoms with Crippen LogP contribution in [0.25, 0.3) is 0 Å². The molecule has 1 fully saturated rings. The SMILES string of the molecule is Cc1cnccc1NC(=O)NCc1ccc(CN2CCNCC2)cc1. The third-order valence-electron chi connectivity index (χ3n) is 4.36. The summed E-state index contributed by atoms with van der Waals surface area (Å²) in [6.07, 6.45) is 3.40. The highest BCUT2D eigenvalue weighted by molar-refractivity contribution is 5.89. The van der Waals surface area contributed by atoms with E-state index in [2.05, 4.69) is 50.1 Å². The summed E-state index contributed by atoms with van der Waals surface area (Å²) < 4.78 is 0. The lowest BCUT2D eigenvalue weighted by atomic mass is 10.1. The third kappa shape index (κ3) is 5.27. The molecule has 0 unspecified atom stereocenters. The third-order valence-corrected chi connectivity index (χ3v) is 4.36. The molecule has 6 heteroatoms. The van der Waals surface area contributed by atoms with E-state index < -0.39 is 0 Å². The maximum absolute atomic E-state index is 12.0. The van der Waals surface area contributed by atoms with E-state index in [9.17, 15) is 4.79 Å². The molecule has 0 radical (unpaired) electrons. The fourth-order valence-electron chi connectivity index (χ4n) is 2.85. The van der Waals surface area contributed by atoms with Crippen LogP contribution < -0.4 is 16.0 Å². The van der Waals surface area contributed by atoms with E-state index in [1.807, 2.05) is 6.92 Å². The zero-order chi connectivity index (χ0) is 17.5. The van der Waals surface area contributed by atoms with Crippen LogP contribution in [0.4, 0.5) is 10.5 Å².